The van der Waals surface area contributed by atoms with Crippen molar-refractivity contribution in [3.05, 3.63) is 68.7 Å². The lowest BCUT2D eigenvalue weighted by atomic mass is 10.1. The molecule has 0 aliphatic rings. The van der Waals surface area contributed by atoms with E-state index in [-0.39, 0.29) is 32.6 Å². The van der Waals surface area contributed by atoms with E-state index in [4.69, 9.17) is 39.5 Å². The van der Waals surface area contributed by atoms with Gasteiger partial charge in [0.2, 0.25) is 0 Å². The Morgan fingerprint density at radius 3 is 2.28 bits per heavy atom. The minimum absolute atomic E-state index is 0.00220. The maximum absolute atomic E-state index is 12.3. The first-order chi connectivity index (χ1) is 11.8. The number of likely N-dealkylation sites (N-methyl/N-ethyl adjacent to an activating group) is 1. The topological polar surface area (TPSA) is 46.6 Å². The fourth-order valence-corrected chi connectivity index (χ4v) is 2.87. The Hall–Kier alpha value is -1.75. The number of hydrogen-bond donors (Lipinski definition) is 0. The highest BCUT2D eigenvalue weighted by molar-refractivity contribution is 6.46. The smallest absolute Gasteiger partial charge is 0.341 e. The summed E-state index contributed by atoms with van der Waals surface area (Å²) in [7, 11) is 1.65. The second kappa shape index (κ2) is 8.56. The van der Waals surface area contributed by atoms with Crippen molar-refractivity contribution in [2.75, 3.05) is 13.7 Å². The van der Waals surface area contributed by atoms with Gasteiger partial charge < -0.3 is 9.64 Å². The van der Waals surface area contributed by atoms with E-state index in [1.807, 2.05) is 37.3 Å². The molecule has 2 rings (SSSR count). The van der Waals surface area contributed by atoms with Crippen LogP contribution in [-0.2, 0) is 9.53 Å². The molecule has 7 heteroatoms. The molecule has 0 N–H and O–H groups in total. The van der Waals surface area contributed by atoms with Crippen LogP contribution in [0, 0.1) is 0 Å². The first kappa shape index (κ1) is 19.6. The van der Waals surface area contributed by atoms with E-state index in [1.165, 1.54) is 17.0 Å². The van der Waals surface area contributed by atoms with E-state index in [9.17, 15) is 9.59 Å². The summed E-state index contributed by atoms with van der Waals surface area (Å²) >= 11 is 17.8. The van der Waals surface area contributed by atoms with E-state index in [2.05, 4.69) is 0 Å². The molecule has 2 aromatic carbocycles. The predicted octanol–water partition coefficient (Wildman–Crippen LogP) is 5.02. The number of carbonyl (C=O) groups is 2. The van der Waals surface area contributed by atoms with E-state index in [1.54, 1.807) is 7.05 Å². The number of halogens is 3. The van der Waals surface area contributed by atoms with Crippen LogP contribution in [0.5, 0.6) is 0 Å². The summed E-state index contributed by atoms with van der Waals surface area (Å²) in [5.41, 5.74) is 0.924. The molecule has 0 radical (unpaired) electrons. The Labute approximate surface area is 161 Å². The van der Waals surface area contributed by atoms with Crippen LogP contribution in [0.25, 0.3) is 0 Å². The lowest BCUT2D eigenvalue weighted by Gasteiger charge is -2.25. The maximum Gasteiger partial charge on any atom is 0.341 e. The van der Waals surface area contributed by atoms with Gasteiger partial charge in [-0.25, -0.2) is 4.79 Å². The molecule has 4 nitrogen and oxygen atoms in total. The van der Waals surface area contributed by atoms with E-state index < -0.39 is 12.6 Å². The van der Waals surface area contributed by atoms with Crippen LogP contribution in [0.3, 0.4) is 0 Å². The first-order valence-corrected chi connectivity index (χ1v) is 8.57. The van der Waals surface area contributed by atoms with Crippen LogP contribution in [-0.4, -0.2) is 30.4 Å². The quantitative estimate of drug-likeness (QED) is 0.523. The molecule has 0 spiro atoms. The fourth-order valence-electron chi connectivity index (χ4n) is 2.19. The Bertz CT molecular complexity index is 781. The normalized spacial score (nSPS) is 11.7. The van der Waals surface area contributed by atoms with E-state index in [0.717, 1.165) is 5.56 Å². The van der Waals surface area contributed by atoms with Crippen LogP contribution >= 0.6 is 34.8 Å². The average molecular weight is 401 g/mol. The van der Waals surface area contributed by atoms with Gasteiger partial charge in [-0.15, -0.1) is 0 Å². The molecule has 1 atom stereocenters. The van der Waals surface area contributed by atoms with Gasteiger partial charge in [-0.2, -0.15) is 0 Å². The van der Waals surface area contributed by atoms with Crippen LogP contribution in [0.4, 0.5) is 0 Å². The molecule has 2 aromatic rings. The van der Waals surface area contributed by atoms with Gasteiger partial charge in [-0.05, 0) is 24.6 Å². The number of nitrogens with zero attached hydrogens (tertiary/aromatic N) is 1. The molecule has 0 saturated heterocycles. The molecule has 0 aromatic heterocycles. The Kier molecular flexibility index (Phi) is 6.71. The Morgan fingerprint density at radius 2 is 1.64 bits per heavy atom. The fraction of sp³-hybridized carbons (Fsp3) is 0.222. The average Bonchev–Trinajstić information content (AvgIpc) is 2.62. The minimum Gasteiger partial charge on any atom is -0.452 e. The third-order valence-electron chi connectivity index (χ3n) is 3.83. The van der Waals surface area contributed by atoms with Crippen molar-refractivity contribution in [1.29, 1.82) is 0 Å². The second-order valence-electron chi connectivity index (χ2n) is 5.39. The summed E-state index contributed by atoms with van der Waals surface area (Å²) in [6.07, 6.45) is 0. The van der Waals surface area contributed by atoms with Crippen molar-refractivity contribution in [3.63, 3.8) is 0 Å². The second-order valence-corrected chi connectivity index (χ2v) is 6.58. The number of ether oxygens (including phenoxy) is 1. The van der Waals surface area contributed by atoms with Crippen molar-refractivity contribution >= 4 is 46.7 Å². The van der Waals surface area contributed by atoms with Crippen LogP contribution in [0.15, 0.2) is 42.5 Å². The number of hydrogen-bond acceptors (Lipinski definition) is 3. The molecular weight excluding hydrogens is 385 g/mol. The molecule has 132 valence electrons. The summed E-state index contributed by atoms with van der Waals surface area (Å²) in [6.45, 7) is 1.46. The molecule has 1 unspecified atom stereocenters. The monoisotopic (exact) mass is 399 g/mol. The predicted molar refractivity (Wildman–Crippen MR) is 99.4 cm³/mol. The highest BCUT2D eigenvalue weighted by Crippen LogP contribution is 2.31. The summed E-state index contributed by atoms with van der Waals surface area (Å²) in [6, 6.07) is 12.3. The lowest BCUT2D eigenvalue weighted by molar-refractivity contribution is -0.135. The molecule has 0 fully saturated rings. The number of esters is 1. The van der Waals surface area contributed by atoms with Gasteiger partial charge >= 0.3 is 5.97 Å². The van der Waals surface area contributed by atoms with Crippen molar-refractivity contribution in [2.24, 2.45) is 0 Å². The third-order valence-corrected chi connectivity index (χ3v) is 4.95. The number of benzene rings is 2. The standard InChI is InChI=1S/C18H16Cl3NO3/c1-11(12-6-4-3-5-7-12)22(2)15(23)10-25-18(24)16-13(19)8-9-14(20)17(16)21/h3-9,11H,10H2,1-2H3. The van der Waals surface area contributed by atoms with Gasteiger partial charge in [0.1, 0.15) is 0 Å². The van der Waals surface area contributed by atoms with Crippen molar-refractivity contribution in [2.45, 2.75) is 13.0 Å². The van der Waals surface area contributed by atoms with Crippen LogP contribution in [0.1, 0.15) is 28.9 Å². The molecule has 0 bridgehead atoms. The van der Waals surface area contributed by atoms with E-state index >= 15 is 0 Å². The van der Waals surface area contributed by atoms with Gasteiger partial charge in [0.15, 0.2) is 6.61 Å². The summed E-state index contributed by atoms with van der Waals surface area (Å²) < 4.78 is 5.06. The highest BCUT2D eigenvalue weighted by atomic mass is 35.5. The molecule has 0 saturated carbocycles. The van der Waals surface area contributed by atoms with Crippen LogP contribution < -0.4 is 0 Å². The van der Waals surface area contributed by atoms with Crippen molar-refractivity contribution in [3.8, 4) is 0 Å². The van der Waals surface area contributed by atoms with Gasteiger partial charge in [0.25, 0.3) is 5.91 Å². The molecule has 0 aliphatic heterocycles. The van der Waals surface area contributed by atoms with Gasteiger partial charge in [-0.3, -0.25) is 4.79 Å². The highest BCUT2D eigenvalue weighted by Gasteiger charge is 2.22. The maximum atomic E-state index is 12.3. The lowest BCUT2D eigenvalue weighted by Crippen LogP contribution is -2.33. The molecule has 0 aliphatic carbocycles. The summed E-state index contributed by atoms with van der Waals surface area (Å²) in [5.74, 6) is -1.15. The van der Waals surface area contributed by atoms with Gasteiger partial charge in [-0.1, -0.05) is 65.1 Å². The van der Waals surface area contributed by atoms with Gasteiger partial charge in [0, 0.05) is 7.05 Å². The van der Waals surface area contributed by atoms with E-state index in [0.29, 0.717) is 0 Å². The van der Waals surface area contributed by atoms with Crippen molar-refractivity contribution in [1.82, 2.24) is 4.90 Å². The molecule has 25 heavy (non-hydrogen) atoms. The zero-order chi connectivity index (χ0) is 18.6. The minimum atomic E-state index is -0.799. The molecule has 1 amide bonds. The third kappa shape index (κ3) is 4.66. The van der Waals surface area contributed by atoms with Crippen LogP contribution in [0.2, 0.25) is 15.1 Å². The molecular formula is C18H16Cl3NO3. The zero-order valence-electron chi connectivity index (χ0n) is 13.6. The number of rotatable bonds is 5. The molecule has 0 heterocycles. The summed E-state index contributed by atoms with van der Waals surface area (Å²) in [5, 5.41) is 0.287. The SMILES string of the molecule is CC(c1ccccc1)N(C)C(=O)COC(=O)c1c(Cl)ccc(Cl)c1Cl. The largest absolute Gasteiger partial charge is 0.452 e. The summed E-state index contributed by atoms with van der Waals surface area (Å²) in [4.78, 5) is 26.0. The van der Waals surface area contributed by atoms with Gasteiger partial charge in [0.05, 0.1) is 26.7 Å². The van der Waals surface area contributed by atoms with Crippen molar-refractivity contribution < 1.29 is 14.3 Å². The number of amides is 1. The Morgan fingerprint density at radius 1 is 1.04 bits per heavy atom. The zero-order valence-corrected chi connectivity index (χ0v) is 15.9. The first-order valence-electron chi connectivity index (χ1n) is 7.44. The Balaban J connectivity index is 2.02. The number of carbonyl (C=O) groups excluding carboxylic acids is 2.